The van der Waals surface area contributed by atoms with Gasteiger partial charge in [0, 0.05) is 61.2 Å². The third kappa shape index (κ3) is 8.53. The van der Waals surface area contributed by atoms with Crippen molar-refractivity contribution in [1.29, 1.82) is 0 Å². The molecule has 0 aliphatic carbocycles. The molecule has 0 atom stereocenters. The molecule has 85 heavy (non-hydrogen) atoms. The van der Waals surface area contributed by atoms with Crippen LogP contribution in [-0.2, 0) is 26.5 Å². The number of hydrogen-bond acceptors (Lipinski definition) is 4. The van der Waals surface area contributed by atoms with E-state index in [0.29, 0.717) is 33.9 Å². The smallest absolute Gasteiger partial charge is 0.409 e. The Morgan fingerprint density at radius 1 is 0.518 bits per heavy atom. The Balaban J connectivity index is 0.00000743. The maximum Gasteiger partial charge on any atom is 0.409 e. The maximum atomic E-state index is 9.23. The Morgan fingerprint density at radius 3 is 1.81 bits per heavy atom. The molecule has 0 unspecified atom stereocenters. The van der Waals surface area contributed by atoms with E-state index in [4.69, 9.17) is 17.9 Å². The van der Waals surface area contributed by atoms with Crippen molar-refractivity contribution in [3.63, 3.8) is 0 Å². The molecule has 0 fully saturated rings. The van der Waals surface area contributed by atoms with Gasteiger partial charge in [0.05, 0.1) is 36.1 Å². The van der Waals surface area contributed by atoms with Crippen LogP contribution in [0.2, 0.25) is 0 Å². The van der Waals surface area contributed by atoms with Gasteiger partial charge in [-0.15, -0.1) is 24.3 Å². The van der Waals surface area contributed by atoms with Crippen LogP contribution in [0.4, 0.5) is 22.7 Å². The average Bonchev–Trinajstić information content (AvgIpc) is 1.60. The molecule has 2 aliphatic heterocycles. The van der Waals surface area contributed by atoms with Gasteiger partial charge in [0.15, 0.2) is 0 Å². The first-order chi connectivity index (χ1) is 45.5. The Morgan fingerprint density at radius 2 is 1.09 bits per heavy atom. The number of imidazole rings is 1. The number of rotatable bonds is 8. The van der Waals surface area contributed by atoms with Gasteiger partial charge >= 0.3 is 6.98 Å². The van der Waals surface area contributed by atoms with E-state index in [1.54, 1.807) is 27.3 Å². The quantitative estimate of drug-likeness (QED) is 0.0864. The molecule has 408 valence electrons. The fourth-order valence-electron chi connectivity index (χ4n) is 12.4. The summed E-state index contributed by atoms with van der Waals surface area (Å²) in [5, 5.41) is 1.91. The summed E-state index contributed by atoms with van der Waals surface area (Å²) in [4.78, 5) is 9.85. The van der Waals surface area contributed by atoms with E-state index < -0.39 is 67.4 Å². The molecular weight excluding hydrogens is 1220 g/mol. The number of ether oxygens (including phenoxy) is 1. The van der Waals surface area contributed by atoms with Crippen LogP contribution in [0.15, 0.2) is 267 Å². The maximum absolute atomic E-state index is 9.23. The van der Waals surface area contributed by atoms with Crippen LogP contribution in [0.25, 0.3) is 94.5 Å². The van der Waals surface area contributed by atoms with Crippen molar-refractivity contribution in [1.82, 2.24) is 14.1 Å². The number of para-hydroxylation sites is 7. The minimum absolute atomic E-state index is 0. The van der Waals surface area contributed by atoms with E-state index in [0.717, 1.165) is 78.0 Å². The Kier molecular flexibility index (Phi) is 10.2. The van der Waals surface area contributed by atoms with E-state index >= 15 is 0 Å². The SMILES string of the molecule is [2H]c1c([2H])c([2H])c(-c2cccc(-c3c([2H])c([2H])c([2H])c([2H])c3[2H])c2-[n+]2[c-]n(-c3[c-]c(Oc4[c-]c5c(cc4N4B6c7ccccc7-c7ccccc7-c7ccccc7N6c6ccccc64)c4ccccc4n5-c4cc(C(C)(C)C)ccn4)ccc3)c3ccccc32)c([2H])c1[2H].[Pt]. The summed E-state index contributed by atoms with van der Waals surface area (Å²) in [5.74, 6) is 1.41. The van der Waals surface area contributed by atoms with Gasteiger partial charge in [-0.2, -0.15) is 12.1 Å². The molecule has 9 heteroatoms. The van der Waals surface area contributed by atoms with E-state index in [2.05, 4.69) is 187 Å². The second-order valence-corrected chi connectivity index (χ2v) is 22.0. The fraction of sp³-hybridized carbons (Fsp3) is 0.0526. The van der Waals surface area contributed by atoms with Gasteiger partial charge in [0.25, 0.3) is 6.33 Å². The molecule has 5 heterocycles. The molecule has 7 nitrogen and oxygen atoms in total. The van der Waals surface area contributed by atoms with Gasteiger partial charge in [0.2, 0.25) is 0 Å². The second kappa shape index (κ2) is 20.7. The fourth-order valence-corrected chi connectivity index (χ4v) is 12.4. The topological polar surface area (TPSA) is 42.3 Å². The second-order valence-electron chi connectivity index (χ2n) is 22.0. The van der Waals surface area contributed by atoms with Crippen LogP contribution in [0.5, 0.6) is 11.5 Å². The summed E-state index contributed by atoms with van der Waals surface area (Å²) >= 11 is 0. The molecule has 0 radical (unpaired) electrons. The average molecular weight is 1280 g/mol. The Bertz CT molecular complexity index is 5410. The van der Waals surface area contributed by atoms with Crippen molar-refractivity contribution in [3.05, 3.63) is 291 Å². The van der Waals surface area contributed by atoms with Crippen molar-refractivity contribution in [2.45, 2.75) is 26.2 Å². The van der Waals surface area contributed by atoms with Crippen molar-refractivity contribution < 1.29 is 44.1 Å². The van der Waals surface area contributed by atoms with Crippen molar-refractivity contribution in [2.24, 2.45) is 0 Å². The predicted molar refractivity (Wildman–Crippen MR) is 343 cm³/mol. The molecular formula is C76H53BN6OPt-2. The predicted octanol–water partition coefficient (Wildman–Crippen LogP) is 17.6. The summed E-state index contributed by atoms with van der Waals surface area (Å²) in [6.07, 6.45) is 5.37. The first-order valence-corrected chi connectivity index (χ1v) is 27.8. The van der Waals surface area contributed by atoms with Crippen LogP contribution in [0.1, 0.15) is 40.0 Å². The zero-order valence-corrected chi connectivity index (χ0v) is 48.4. The third-order valence-electron chi connectivity index (χ3n) is 16.1. The van der Waals surface area contributed by atoms with Gasteiger partial charge in [-0.25, -0.2) is 4.98 Å². The van der Waals surface area contributed by atoms with Gasteiger partial charge in [0.1, 0.15) is 5.82 Å². The number of nitrogens with zero attached hydrogens (tertiary/aromatic N) is 6. The summed E-state index contributed by atoms with van der Waals surface area (Å²) in [5.41, 5.74) is 13.4. The number of fused-ring (bicyclic) bond motifs is 14. The summed E-state index contributed by atoms with van der Waals surface area (Å²) in [6.45, 7) is 6.09. The Hall–Kier alpha value is -10.0. The van der Waals surface area contributed by atoms with Crippen molar-refractivity contribution in [2.75, 3.05) is 9.62 Å². The van der Waals surface area contributed by atoms with Crippen LogP contribution in [0.3, 0.4) is 0 Å². The van der Waals surface area contributed by atoms with E-state index in [1.807, 2.05) is 54.7 Å². The van der Waals surface area contributed by atoms with Crippen LogP contribution in [-0.4, -0.2) is 21.1 Å². The monoisotopic (exact) mass is 1280 g/mol. The first-order valence-electron chi connectivity index (χ1n) is 32.8. The molecule has 0 amide bonds. The summed E-state index contributed by atoms with van der Waals surface area (Å²) < 4.78 is 102. The molecule has 0 bridgehead atoms. The number of aromatic nitrogens is 4. The number of benzene rings is 11. The molecule has 0 spiro atoms. The molecule has 0 saturated heterocycles. The molecule has 16 rings (SSSR count). The van der Waals surface area contributed by atoms with Gasteiger partial charge < -0.3 is 23.5 Å². The molecule has 0 saturated carbocycles. The number of hydrogen-bond donors (Lipinski definition) is 0. The molecule has 14 aromatic rings. The Labute approximate surface area is 523 Å². The summed E-state index contributed by atoms with van der Waals surface area (Å²) in [6, 6.07) is 68.9. The zero-order chi connectivity index (χ0) is 64.7. The van der Waals surface area contributed by atoms with E-state index in [-0.39, 0.29) is 54.4 Å². The molecule has 11 aromatic carbocycles. The van der Waals surface area contributed by atoms with E-state index in [1.165, 1.54) is 0 Å². The van der Waals surface area contributed by atoms with Gasteiger partial charge in [-0.3, -0.25) is 4.57 Å². The van der Waals surface area contributed by atoms with Crippen molar-refractivity contribution >= 4 is 68.0 Å². The van der Waals surface area contributed by atoms with Crippen LogP contribution < -0.4 is 24.4 Å². The molecule has 3 aromatic heterocycles. The minimum Gasteiger partial charge on any atom is -0.508 e. The number of anilines is 4. The zero-order valence-electron chi connectivity index (χ0n) is 56.1. The minimum atomic E-state index is -0.584. The first kappa shape index (κ1) is 41.9. The standard InChI is InChI=1S/C76H53BN6O.Pt/c1-76(2,3)53-44-45-78-74(46-53)81-65-38-16-13-34-62(65)63-48-72(83-70-43-21-20-42-69(70)82-66-39-17-14-33-61(66)59-31-11-10-30-58(59)60-32-12-15-37-64(60)77(82)83)73(49-71(63)81)84-55-29-22-28-54(47-55)79-50-80(68-41-19-18-40-67(68)79)75-56(51-24-6-4-7-25-51)35-23-36-57(75)52-26-8-5-9-27-52;/h4-46,48H,1-3H3;/q-2;/i4D,5D,6D,7D,8D,9D,24D,25D,26D,27D;. The van der Waals surface area contributed by atoms with E-state index in [9.17, 15) is 5.48 Å². The van der Waals surface area contributed by atoms with Crippen LogP contribution >= 0.6 is 0 Å². The van der Waals surface area contributed by atoms with Gasteiger partial charge in [-0.1, -0.05) is 232 Å². The molecule has 2 aliphatic rings. The summed E-state index contributed by atoms with van der Waals surface area (Å²) in [7, 11) is 0. The third-order valence-corrected chi connectivity index (χ3v) is 16.1. The van der Waals surface area contributed by atoms with Gasteiger partial charge in [-0.05, 0) is 109 Å². The number of pyridine rings is 1. The molecule has 0 N–H and O–H groups in total. The van der Waals surface area contributed by atoms with Crippen molar-refractivity contribution in [3.8, 4) is 73.2 Å². The largest absolute Gasteiger partial charge is 0.508 e. The van der Waals surface area contributed by atoms with Crippen LogP contribution in [0, 0.1) is 18.5 Å². The normalized spacial score (nSPS) is 14.1.